The number of rotatable bonds is 11. The minimum atomic E-state index is -0.0704. The molecule has 9 nitrogen and oxygen atoms in total. The zero-order chi connectivity index (χ0) is 80.0. The van der Waals surface area contributed by atoms with Crippen LogP contribution in [0, 0.1) is 22.7 Å². The molecule has 0 bridgehead atoms. The molecule has 0 radical (unpaired) electrons. The summed E-state index contributed by atoms with van der Waals surface area (Å²) in [6, 6.07) is 143. The van der Waals surface area contributed by atoms with Crippen LogP contribution in [-0.2, 0) is 6.42 Å². The summed E-state index contributed by atoms with van der Waals surface area (Å²) in [6.07, 6.45) is 1.04. The van der Waals surface area contributed by atoms with Crippen molar-refractivity contribution in [2.75, 3.05) is 0 Å². The van der Waals surface area contributed by atoms with E-state index in [4.69, 9.17) is 50.0 Å². The molecule has 5 heterocycles. The molecule has 12 heteroatoms. The molecule has 5 aromatic heterocycles. The van der Waals surface area contributed by atoms with E-state index in [2.05, 4.69) is 418 Å². The number of hydrogen-bond donors (Lipinski definition) is 0. The van der Waals surface area contributed by atoms with Crippen molar-refractivity contribution in [1.82, 2.24) is 33.6 Å². The van der Waals surface area contributed by atoms with E-state index in [0.717, 1.165) is 139 Å². The van der Waals surface area contributed by atoms with Crippen LogP contribution in [0.2, 0.25) is 15.6 Å². The monoisotopic (exact) mass is 1580 g/mol. The normalized spacial score (nSPS) is 11.4. The van der Waals surface area contributed by atoms with Gasteiger partial charge in [-0.25, -0.2) is 9.97 Å². The molecule has 22 rings (SSSR count). The van der Waals surface area contributed by atoms with Gasteiger partial charge >= 0.3 is 0 Å². The summed E-state index contributed by atoms with van der Waals surface area (Å²) < 4.78 is 6.60. The molecule has 0 saturated carbocycles. The van der Waals surface area contributed by atoms with E-state index in [1.54, 1.807) is 6.07 Å². The smallest absolute Gasteiger partial charge is 0.238 e. The van der Waals surface area contributed by atoms with E-state index in [-0.39, 0.29) is 21.2 Å². The maximum atomic E-state index is 12.1. The van der Waals surface area contributed by atoms with Gasteiger partial charge in [-0.15, -0.1) is 0 Å². The van der Waals surface area contributed by atoms with Crippen molar-refractivity contribution in [1.29, 1.82) is 10.5 Å². The van der Waals surface area contributed by atoms with Crippen molar-refractivity contribution < 1.29 is 0 Å². The number of benzene rings is 16. The Morgan fingerprint density at radius 1 is 0.227 bits per heavy atom. The Labute approximate surface area is 701 Å². The number of fused-ring (bicyclic) bond motifs is 12. The van der Waals surface area contributed by atoms with E-state index in [0.29, 0.717) is 23.1 Å². The lowest BCUT2D eigenvalue weighted by molar-refractivity contribution is 0.911. The summed E-state index contributed by atoms with van der Waals surface area (Å²) in [7, 11) is 0. The van der Waals surface area contributed by atoms with Gasteiger partial charge in [-0.2, -0.15) is 20.5 Å². The van der Waals surface area contributed by atoms with Crippen molar-refractivity contribution in [3.63, 3.8) is 0 Å². The standard InChI is InChI=1S/C77H48N6.C25H18.C5Cl3N3/c78-49-68-75(81-69-37-31-56(50-19-7-1-8-20-50)43-62(69)63-44-57(32-38-70(63)81)51-21-9-2-10-22-51)79-77(83-73-41-35-60(54-27-15-5-16-28-54)47-66(73)67-48-61(36-42-74(67)83)55-29-17-6-18-30-55)80-76(68)82-71-39-33-58(52-23-11-3-12-24-52)45-64(71)65-46-59(34-40-72(65)82)53-25-13-4-14-26-53;1-3-7-18(8-4-1)20-11-13-22-15-23-14-12-21(17-25(23)24(22)16-20)19-9-5-2-6-10-19;6-3-2(1-9)4(7)11-5(8)10-3/h1-48H;1-14,16-17H,15H2;. The van der Waals surface area contributed by atoms with Crippen molar-refractivity contribution in [2.45, 2.75) is 6.42 Å². The fraction of sp³-hybridized carbons (Fsp3) is 0.00935. The highest BCUT2D eigenvalue weighted by atomic mass is 35.5. The average Bonchev–Trinajstić information content (AvgIpc) is 1.57. The van der Waals surface area contributed by atoms with Crippen molar-refractivity contribution in [2.24, 2.45) is 0 Å². The number of aromatic nitrogens is 7. The Hall–Kier alpha value is -15.1. The van der Waals surface area contributed by atoms with Crippen LogP contribution in [0.4, 0.5) is 0 Å². The highest BCUT2D eigenvalue weighted by molar-refractivity contribution is 6.36. The zero-order valence-corrected chi connectivity index (χ0v) is 66.1. The maximum Gasteiger partial charge on any atom is 0.238 e. The Balaban J connectivity index is 0.000000206. The van der Waals surface area contributed by atoms with Crippen molar-refractivity contribution >= 4 is 100 Å². The molecule has 0 spiro atoms. The third-order valence-corrected chi connectivity index (χ3v) is 23.3. The molecule has 0 atom stereocenters. The van der Waals surface area contributed by atoms with Gasteiger partial charge in [-0.05, 0) is 214 Å². The summed E-state index contributed by atoms with van der Waals surface area (Å²) in [4.78, 5) is 18.6. The second kappa shape index (κ2) is 31.3. The molecule has 0 aliphatic heterocycles. The van der Waals surface area contributed by atoms with Gasteiger partial charge in [0.25, 0.3) is 0 Å². The highest BCUT2D eigenvalue weighted by Crippen LogP contribution is 2.46. The summed E-state index contributed by atoms with van der Waals surface area (Å²) >= 11 is 16.4. The fourth-order valence-corrected chi connectivity index (χ4v) is 17.5. The minimum absolute atomic E-state index is 0.0301. The zero-order valence-electron chi connectivity index (χ0n) is 63.8. The van der Waals surface area contributed by atoms with Gasteiger partial charge < -0.3 is 0 Å². The first kappa shape index (κ1) is 72.9. The van der Waals surface area contributed by atoms with Crippen molar-refractivity contribution in [3.8, 4) is 130 Å². The van der Waals surface area contributed by atoms with E-state index in [1.165, 1.54) is 44.5 Å². The molecule has 21 aromatic rings. The predicted octanol–water partition coefficient (Wildman–Crippen LogP) is 28.5. The molecule has 0 amide bonds. The van der Waals surface area contributed by atoms with Gasteiger partial charge in [0.05, 0.1) is 33.1 Å². The summed E-state index contributed by atoms with van der Waals surface area (Å²) in [5, 5.41) is 26.8. The molecule has 16 aromatic carbocycles. The molecular formula is C107H66Cl3N9. The number of hydrogen-bond acceptors (Lipinski definition) is 6. The van der Waals surface area contributed by atoms with Crippen LogP contribution in [0.25, 0.3) is 183 Å². The maximum absolute atomic E-state index is 12.1. The van der Waals surface area contributed by atoms with E-state index in [1.807, 2.05) is 0 Å². The average molecular weight is 1580 g/mol. The van der Waals surface area contributed by atoms with Gasteiger partial charge in [0.2, 0.25) is 11.2 Å². The molecule has 0 saturated heterocycles. The lowest BCUT2D eigenvalue weighted by Crippen LogP contribution is -2.13. The molecule has 0 unspecified atom stereocenters. The van der Waals surface area contributed by atoms with Crippen LogP contribution >= 0.6 is 34.8 Å². The van der Waals surface area contributed by atoms with E-state index in [9.17, 15) is 5.26 Å². The highest BCUT2D eigenvalue weighted by Gasteiger charge is 2.29. The van der Waals surface area contributed by atoms with E-state index < -0.39 is 0 Å². The molecule has 0 N–H and O–H groups in total. The first-order chi connectivity index (χ1) is 58.6. The van der Waals surface area contributed by atoms with Crippen LogP contribution in [0.15, 0.2) is 388 Å². The Kier molecular flexibility index (Phi) is 19.1. The summed E-state index contributed by atoms with van der Waals surface area (Å²) in [5.74, 6) is 1.38. The van der Waals surface area contributed by atoms with Gasteiger partial charge in [0, 0.05) is 32.3 Å². The molecule has 0 fully saturated rings. The Morgan fingerprint density at radius 3 is 0.681 bits per heavy atom. The van der Waals surface area contributed by atoms with E-state index >= 15 is 0 Å². The second-order valence-electron chi connectivity index (χ2n) is 29.5. The molecule has 560 valence electrons. The topological polar surface area (TPSA) is 114 Å². The first-order valence-electron chi connectivity index (χ1n) is 39.2. The first-order valence-corrected chi connectivity index (χ1v) is 40.3. The molecular weight excluding hydrogens is 1520 g/mol. The quantitative estimate of drug-likeness (QED) is 0.0941. The van der Waals surface area contributed by atoms with Gasteiger partial charge in [-0.3, -0.25) is 13.7 Å². The Bertz CT molecular complexity index is 6970. The summed E-state index contributed by atoms with van der Waals surface area (Å²) in [6.45, 7) is 0. The van der Waals surface area contributed by atoms with Crippen LogP contribution in [0.5, 0.6) is 0 Å². The van der Waals surface area contributed by atoms with Crippen LogP contribution in [0.1, 0.15) is 22.3 Å². The minimum Gasteiger partial charge on any atom is -0.292 e. The lowest BCUT2D eigenvalue weighted by atomic mass is 9.96. The van der Waals surface area contributed by atoms with Crippen LogP contribution in [-0.4, -0.2) is 33.6 Å². The Morgan fingerprint density at radius 2 is 0.445 bits per heavy atom. The lowest BCUT2D eigenvalue weighted by Gasteiger charge is -2.17. The molecule has 119 heavy (non-hydrogen) atoms. The fourth-order valence-electron chi connectivity index (χ4n) is 16.8. The van der Waals surface area contributed by atoms with Gasteiger partial charge in [0.15, 0.2) is 21.9 Å². The number of nitrogens with zero attached hydrogens (tertiary/aromatic N) is 9. The van der Waals surface area contributed by atoms with Gasteiger partial charge in [0.1, 0.15) is 23.3 Å². The number of nitriles is 2. The second-order valence-corrected chi connectivity index (χ2v) is 30.5. The van der Waals surface area contributed by atoms with Crippen molar-refractivity contribution in [3.05, 3.63) is 426 Å². The predicted molar refractivity (Wildman–Crippen MR) is 490 cm³/mol. The molecule has 1 aliphatic carbocycles. The molecule has 1 aliphatic rings. The summed E-state index contributed by atoms with van der Waals surface area (Å²) in [5.41, 5.74) is 30.0. The third-order valence-electron chi connectivity index (χ3n) is 22.5. The largest absolute Gasteiger partial charge is 0.292 e. The van der Waals surface area contributed by atoms with Crippen LogP contribution < -0.4 is 0 Å². The SMILES string of the molecule is N#Cc1c(-n2c3ccc(-c4ccccc4)cc3c3cc(-c4ccccc4)ccc32)nc(-n2c3ccc(-c4ccccc4)cc3c3cc(-c4ccccc4)ccc32)nc1-n1c2ccc(-c3ccccc3)cc2c2cc(-c3ccccc3)ccc21.N#Cc1c(Cl)nc(Cl)nc1Cl.c1ccc(-c2ccc3c(c2)-c2cc(-c4ccccc4)ccc2C3)cc1. The van der Waals surface area contributed by atoms with Crippen LogP contribution in [0.3, 0.4) is 0 Å². The van der Waals surface area contributed by atoms with Gasteiger partial charge in [-0.1, -0.05) is 327 Å². The number of halogens is 3. The third kappa shape index (κ3) is 13.7.